The largest absolute Gasteiger partial charge is 0.452 e. The maximum atomic E-state index is 12.6. The third kappa shape index (κ3) is 5.26. The lowest BCUT2D eigenvalue weighted by atomic mass is 10.0. The summed E-state index contributed by atoms with van der Waals surface area (Å²) in [5, 5.41) is 5.38. The number of hydrogen-bond acceptors (Lipinski definition) is 5. The Kier molecular flexibility index (Phi) is 7.28. The fourth-order valence-electron chi connectivity index (χ4n) is 2.75. The summed E-state index contributed by atoms with van der Waals surface area (Å²) in [4.78, 5) is 40.6. The molecule has 7 heteroatoms. The van der Waals surface area contributed by atoms with E-state index in [1.807, 2.05) is 39.0 Å². The Bertz CT molecular complexity index is 848. The summed E-state index contributed by atoms with van der Waals surface area (Å²) in [6.45, 7) is 5.73. The third-order valence-electron chi connectivity index (χ3n) is 4.18. The molecule has 0 radical (unpaired) electrons. The van der Waals surface area contributed by atoms with Crippen LogP contribution in [0.25, 0.3) is 10.9 Å². The molecule has 1 aromatic carbocycles. The van der Waals surface area contributed by atoms with Crippen LogP contribution in [0.1, 0.15) is 48.3 Å². The van der Waals surface area contributed by atoms with E-state index >= 15 is 0 Å². The van der Waals surface area contributed by atoms with Crippen LogP contribution >= 0.6 is 0 Å². The van der Waals surface area contributed by atoms with E-state index in [1.54, 1.807) is 6.07 Å². The van der Waals surface area contributed by atoms with Gasteiger partial charge < -0.3 is 10.1 Å². The van der Waals surface area contributed by atoms with Crippen molar-refractivity contribution in [3.05, 3.63) is 41.1 Å². The minimum absolute atomic E-state index is 0.401. The smallest absolute Gasteiger partial charge is 0.339 e. The summed E-state index contributed by atoms with van der Waals surface area (Å²) in [5.41, 5.74) is 2.64. The highest BCUT2D eigenvalue weighted by Crippen LogP contribution is 2.24. The quantitative estimate of drug-likeness (QED) is 0.576. The first-order valence-corrected chi connectivity index (χ1v) is 9.10. The number of nitrogens with zero attached hydrogens (tertiary/aromatic N) is 1. The zero-order chi connectivity index (χ0) is 19.8. The molecule has 27 heavy (non-hydrogen) atoms. The Balaban J connectivity index is 2.07. The number of benzene rings is 1. The molecular weight excluding hydrogens is 346 g/mol. The lowest BCUT2D eigenvalue weighted by molar-refractivity contribution is -0.123. The average molecular weight is 371 g/mol. The number of imide groups is 1. The van der Waals surface area contributed by atoms with Crippen molar-refractivity contribution in [3.63, 3.8) is 0 Å². The fraction of sp³-hybridized carbons (Fsp3) is 0.400. The van der Waals surface area contributed by atoms with Crippen molar-refractivity contribution >= 4 is 28.8 Å². The molecule has 0 unspecified atom stereocenters. The summed E-state index contributed by atoms with van der Waals surface area (Å²) in [7, 11) is 0. The van der Waals surface area contributed by atoms with E-state index < -0.39 is 24.5 Å². The summed E-state index contributed by atoms with van der Waals surface area (Å²) >= 11 is 0. The first kappa shape index (κ1) is 20.4. The van der Waals surface area contributed by atoms with Crippen LogP contribution in [0.4, 0.5) is 4.79 Å². The van der Waals surface area contributed by atoms with Gasteiger partial charge in [-0.25, -0.2) is 9.59 Å². The van der Waals surface area contributed by atoms with Crippen LogP contribution in [-0.2, 0) is 16.0 Å². The minimum Gasteiger partial charge on any atom is -0.452 e. The van der Waals surface area contributed by atoms with Gasteiger partial charge in [0.2, 0.25) is 0 Å². The first-order valence-electron chi connectivity index (χ1n) is 9.10. The number of esters is 1. The predicted octanol–water partition coefficient (Wildman–Crippen LogP) is 2.89. The lowest BCUT2D eigenvalue weighted by Gasteiger charge is -2.13. The number of pyridine rings is 1. The molecule has 0 spiro atoms. The van der Waals surface area contributed by atoms with Crippen LogP contribution in [0.2, 0.25) is 0 Å². The van der Waals surface area contributed by atoms with Crippen LogP contribution in [-0.4, -0.2) is 36.0 Å². The molecule has 0 atom stereocenters. The number of aromatic nitrogens is 1. The number of amides is 3. The summed E-state index contributed by atoms with van der Waals surface area (Å²) in [6.07, 6.45) is 2.44. The van der Waals surface area contributed by atoms with Crippen LogP contribution in [0.3, 0.4) is 0 Å². The third-order valence-corrected chi connectivity index (χ3v) is 4.18. The molecule has 0 bridgehead atoms. The van der Waals surface area contributed by atoms with Crippen molar-refractivity contribution in [3.8, 4) is 0 Å². The van der Waals surface area contributed by atoms with Crippen molar-refractivity contribution in [2.75, 3.05) is 13.2 Å². The van der Waals surface area contributed by atoms with Crippen LogP contribution in [0.15, 0.2) is 24.3 Å². The van der Waals surface area contributed by atoms with E-state index in [2.05, 4.69) is 15.6 Å². The van der Waals surface area contributed by atoms with Crippen molar-refractivity contribution in [2.24, 2.45) is 0 Å². The van der Waals surface area contributed by atoms with Gasteiger partial charge in [-0.15, -0.1) is 0 Å². The monoisotopic (exact) mass is 371 g/mol. The van der Waals surface area contributed by atoms with Gasteiger partial charge in [-0.05, 0) is 31.4 Å². The number of rotatable bonds is 7. The standard InChI is InChI=1S/C20H25N3O4/c1-4-6-11-21-20(26)23-17(24)12-27-19(25)18-13(3)15(5-2)22-16-10-8-7-9-14(16)18/h7-10H,4-6,11-12H2,1-3H3,(H2,21,23,24,26). The number of nitrogens with one attached hydrogen (secondary N) is 2. The highest BCUT2D eigenvalue weighted by Gasteiger charge is 2.20. The molecule has 7 nitrogen and oxygen atoms in total. The maximum absolute atomic E-state index is 12.6. The van der Waals surface area contributed by atoms with E-state index in [0.717, 1.165) is 24.1 Å². The van der Waals surface area contributed by atoms with Crippen LogP contribution < -0.4 is 10.6 Å². The number of urea groups is 1. The molecular formula is C20H25N3O4. The van der Waals surface area contributed by atoms with Gasteiger partial charge in [0.05, 0.1) is 11.1 Å². The number of carbonyl (C=O) groups is 3. The maximum Gasteiger partial charge on any atom is 0.339 e. The highest BCUT2D eigenvalue weighted by atomic mass is 16.5. The van der Waals surface area contributed by atoms with Crippen molar-refractivity contribution < 1.29 is 19.1 Å². The van der Waals surface area contributed by atoms with Gasteiger partial charge in [-0.2, -0.15) is 0 Å². The average Bonchev–Trinajstić information content (AvgIpc) is 2.65. The van der Waals surface area contributed by atoms with Gasteiger partial charge in [0.25, 0.3) is 5.91 Å². The zero-order valence-corrected chi connectivity index (χ0v) is 15.9. The number of fused-ring (bicyclic) bond motifs is 1. The molecule has 2 rings (SSSR count). The number of para-hydroxylation sites is 1. The number of unbranched alkanes of at least 4 members (excludes halogenated alkanes) is 1. The van der Waals surface area contributed by atoms with E-state index in [-0.39, 0.29) is 0 Å². The number of carbonyl (C=O) groups excluding carboxylic acids is 3. The van der Waals surface area contributed by atoms with Crippen molar-refractivity contribution in [2.45, 2.75) is 40.0 Å². The zero-order valence-electron chi connectivity index (χ0n) is 15.9. The Labute approximate surface area is 158 Å². The van der Waals surface area contributed by atoms with E-state index in [4.69, 9.17) is 4.74 Å². The Morgan fingerprint density at radius 2 is 1.89 bits per heavy atom. The summed E-state index contributed by atoms with van der Waals surface area (Å²) < 4.78 is 5.15. The topological polar surface area (TPSA) is 97.4 Å². The second kappa shape index (κ2) is 9.66. The first-order chi connectivity index (χ1) is 13.0. The molecule has 2 aromatic rings. The second-order valence-corrected chi connectivity index (χ2v) is 6.16. The van der Waals surface area contributed by atoms with Gasteiger partial charge in [0.1, 0.15) is 0 Å². The SMILES string of the molecule is CCCCNC(=O)NC(=O)COC(=O)c1c(C)c(CC)nc2ccccc12. The van der Waals surface area contributed by atoms with E-state index in [1.165, 1.54) is 0 Å². The predicted molar refractivity (Wildman–Crippen MR) is 103 cm³/mol. The number of ether oxygens (including phenoxy) is 1. The molecule has 0 saturated carbocycles. The minimum atomic E-state index is -0.677. The van der Waals surface area contributed by atoms with Gasteiger partial charge >= 0.3 is 12.0 Å². The Morgan fingerprint density at radius 3 is 2.59 bits per heavy atom. The molecule has 0 saturated heterocycles. The summed E-state index contributed by atoms with van der Waals surface area (Å²) in [5.74, 6) is -1.29. The molecule has 2 N–H and O–H groups in total. The van der Waals surface area contributed by atoms with E-state index in [9.17, 15) is 14.4 Å². The van der Waals surface area contributed by atoms with Gasteiger partial charge in [-0.3, -0.25) is 15.1 Å². The fourth-order valence-corrected chi connectivity index (χ4v) is 2.75. The number of hydrogen-bond donors (Lipinski definition) is 2. The normalized spacial score (nSPS) is 10.5. The Hall–Kier alpha value is -2.96. The molecule has 1 heterocycles. The molecule has 144 valence electrons. The Morgan fingerprint density at radius 1 is 1.15 bits per heavy atom. The van der Waals surface area contributed by atoms with Crippen molar-refractivity contribution in [1.82, 2.24) is 15.6 Å². The van der Waals surface area contributed by atoms with Gasteiger partial charge in [-0.1, -0.05) is 38.5 Å². The van der Waals surface area contributed by atoms with Gasteiger partial charge in [0.15, 0.2) is 6.61 Å². The molecule has 1 aromatic heterocycles. The van der Waals surface area contributed by atoms with E-state index in [0.29, 0.717) is 29.4 Å². The second-order valence-electron chi connectivity index (χ2n) is 6.16. The van der Waals surface area contributed by atoms with Crippen LogP contribution in [0.5, 0.6) is 0 Å². The molecule has 0 fully saturated rings. The number of aryl methyl sites for hydroxylation is 1. The molecule has 0 aliphatic heterocycles. The molecule has 0 aliphatic rings. The lowest BCUT2D eigenvalue weighted by Crippen LogP contribution is -2.41. The van der Waals surface area contributed by atoms with Crippen LogP contribution in [0, 0.1) is 6.92 Å². The molecule has 0 aliphatic carbocycles. The van der Waals surface area contributed by atoms with Gasteiger partial charge in [0, 0.05) is 17.6 Å². The summed E-state index contributed by atoms with van der Waals surface area (Å²) in [6, 6.07) is 6.71. The van der Waals surface area contributed by atoms with Crippen molar-refractivity contribution in [1.29, 1.82) is 0 Å². The molecule has 3 amide bonds. The highest BCUT2D eigenvalue weighted by molar-refractivity contribution is 6.05.